The fraction of sp³-hybridized carbons (Fsp3) is 0.483. The summed E-state index contributed by atoms with van der Waals surface area (Å²) >= 11 is 1.39. The number of halogens is 1. The standard InChI is InChI=1S/C29H35FN6O5S/c1-3-20-5-4-10-36(20)17-23-25(18-6-7-22(41-2)19(13-18)14-30)33-28(42-23)34-26(37)21-15-32-24(16-31-21)35-11-8-29(40,9-12-35)27(38)39/h6-7,13,15-16,20,40H,3-5,8-12,14,17H2,1-2H3,(H,38,39)(H,33,34,37)/t20-/m1/s1. The summed E-state index contributed by atoms with van der Waals surface area (Å²) in [5.74, 6) is -0.723. The zero-order valence-corrected chi connectivity index (χ0v) is 24.5. The number of amides is 1. The number of ether oxygens (including phenoxy) is 1. The Balaban J connectivity index is 1.34. The van der Waals surface area contributed by atoms with Crippen molar-refractivity contribution in [2.45, 2.75) is 63.9 Å². The summed E-state index contributed by atoms with van der Waals surface area (Å²) in [4.78, 5) is 43.0. The molecule has 5 rings (SSSR count). The number of aliphatic carboxylic acids is 1. The Kier molecular flexibility index (Phi) is 8.99. The number of hydrogen-bond donors (Lipinski definition) is 3. The van der Waals surface area contributed by atoms with Crippen molar-refractivity contribution in [3.05, 3.63) is 46.7 Å². The quantitative estimate of drug-likeness (QED) is 0.312. The molecule has 2 aliphatic rings. The summed E-state index contributed by atoms with van der Waals surface area (Å²) in [6.07, 6.45) is 6.31. The van der Waals surface area contributed by atoms with Gasteiger partial charge in [0.15, 0.2) is 10.7 Å². The summed E-state index contributed by atoms with van der Waals surface area (Å²) in [5.41, 5.74) is 0.251. The van der Waals surface area contributed by atoms with Crippen LogP contribution in [0.25, 0.3) is 11.3 Å². The lowest BCUT2D eigenvalue weighted by Crippen LogP contribution is -2.49. The van der Waals surface area contributed by atoms with Crippen LogP contribution in [0.5, 0.6) is 5.75 Å². The molecule has 2 fully saturated rings. The molecule has 42 heavy (non-hydrogen) atoms. The zero-order chi connectivity index (χ0) is 29.9. The molecule has 2 aromatic heterocycles. The zero-order valence-electron chi connectivity index (χ0n) is 23.7. The van der Waals surface area contributed by atoms with Gasteiger partial charge in [-0.25, -0.2) is 24.1 Å². The van der Waals surface area contributed by atoms with E-state index in [1.54, 1.807) is 12.1 Å². The molecule has 3 aromatic rings. The number of likely N-dealkylation sites (tertiary alicyclic amines) is 1. The van der Waals surface area contributed by atoms with Crippen molar-refractivity contribution in [3.63, 3.8) is 0 Å². The number of benzene rings is 1. The lowest BCUT2D eigenvalue weighted by atomic mass is 9.92. The van der Waals surface area contributed by atoms with Gasteiger partial charge in [0.1, 0.15) is 23.9 Å². The van der Waals surface area contributed by atoms with Crippen molar-refractivity contribution in [2.75, 3.05) is 37.0 Å². The number of aromatic nitrogens is 3. The van der Waals surface area contributed by atoms with Crippen molar-refractivity contribution in [2.24, 2.45) is 0 Å². The molecule has 1 amide bonds. The van der Waals surface area contributed by atoms with Crippen molar-refractivity contribution < 1.29 is 28.9 Å². The third-order valence-electron chi connectivity index (χ3n) is 8.12. The summed E-state index contributed by atoms with van der Waals surface area (Å²) in [6.45, 7) is 3.80. The molecule has 0 unspecified atom stereocenters. The highest BCUT2D eigenvalue weighted by atomic mass is 32.1. The Labute approximate surface area is 247 Å². The molecular formula is C29H35FN6O5S. The second-order valence-electron chi connectivity index (χ2n) is 10.7. The predicted octanol–water partition coefficient (Wildman–Crippen LogP) is 4.12. The van der Waals surface area contributed by atoms with Crippen LogP contribution in [0.1, 0.15) is 60.0 Å². The van der Waals surface area contributed by atoms with Crippen molar-refractivity contribution in [1.82, 2.24) is 19.9 Å². The van der Waals surface area contributed by atoms with E-state index in [0.29, 0.717) is 53.6 Å². The van der Waals surface area contributed by atoms with E-state index in [-0.39, 0.29) is 18.5 Å². The van der Waals surface area contributed by atoms with E-state index in [1.807, 2.05) is 11.0 Å². The number of aliphatic hydroxyl groups is 1. The van der Waals surface area contributed by atoms with Crippen molar-refractivity contribution in [3.8, 4) is 17.0 Å². The summed E-state index contributed by atoms with van der Waals surface area (Å²) in [6, 6.07) is 5.82. The van der Waals surface area contributed by atoms with Crippen LogP contribution in [0.15, 0.2) is 30.6 Å². The molecular weight excluding hydrogens is 563 g/mol. The van der Waals surface area contributed by atoms with E-state index in [9.17, 15) is 24.2 Å². The SMILES string of the molecule is CC[C@@H]1CCCN1Cc1sc(NC(=O)c2cnc(N3CCC(O)(C(=O)O)CC3)cn2)nc1-c1ccc(OC)c(CF)c1. The smallest absolute Gasteiger partial charge is 0.335 e. The minimum Gasteiger partial charge on any atom is -0.496 e. The number of nitrogens with one attached hydrogen (secondary N) is 1. The Bertz CT molecular complexity index is 1430. The number of rotatable bonds is 10. The van der Waals surface area contributed by atoms with E-state index in [1.165, 1.54) is 30.8 Å². The van der Waals surface area contributed by atoms with Gasteiger partial charge in [-0.2, -0.15) is 0 Å². The largest absolute Gasteiger partial charge is 0.496 e. The van der Waals surface area contributed by atoms with Gasteiger partial charge in [-0.05, 0) is 44.0 Å². The van der Waals surface area contributed by atoms with Gasteiger partial charge < -0.3 is 19.8 Å². The fourth-order valence-electron chi connectivity index (χ4n) is 5.60. The molecule has 1 aromatic carbocycles. The first-order valence-electron chi connectivity index (χ1n) is 14.1. The number of carboxylic acids is 1. The second-order valence-corrected chi connectivity index (χ2v) is 11.7. The summed E-state index contributed by atoms with van der Waals surface area (Å²) in [7, 11) is 1.51. The number of nitrogens with zero attached hydrogens (tertiary/aromatic N) is 5. The van der Waals surface area contributed by atoms with Crippen LogP contribution >= 0.6 is 11.3 Å². The van der Waals surface area contributed by atoms with Gasteiger partial charge in [0.05, 0.1) is 25.2 Å². The molecule has 0 aliphatic carbocycles. The predicted molar refractivity (Wildman–Crippen MR) is 157 cm³/mol. The number of hydrogen-bond acceptors (Lipinski definition) is 10. The van der Waals surface area contributed by atoms with Gasteiger partial charge in [0.25, 0.3) is 5.91 Å². The van der Waals surface area contributed by atoms with E-state index >= 15 is 0 Å². The van der Waals surface area contributed by atoms with E-state index < -0.39 is 24.2 Å². The minimum absolute atomic E-state index is 0.0679. The monoisotopic (exact) mass is 598 g/mol. The first kappa shape index (κ1) is 29.8. The Hall–Kier alpha value is -3.68. The maximum Gasteiger partial charge on any atom is 0.335 e. The molecule has 0 spiro atoms. The maximum absolute atomic E-state index is 13.8. The molecule has 0 radical (unpaired) electrons. The van der Waals surface area contributed by atoms with Crippen LogP contribution in [0.4, 0.5) is 15.3 Å². The summed E-state index contributed by atoms with van der Waals surface area (Å²) in [5, 5.41) is 22.7. The normalized spacial score (nSPS) is 18.7. The van der Waals surface area contributed by atoms with Crippen LogP contribution < -0.4 is 15.0 Å². The number of carbonyl (C=O) groups is 2. The first-order valence-corrected chi connectivity index (χ1v) is 14.9. The first-order chi connectivity index (χ1) is 20.2. The second kappa shape index (κ2) is 12.7. The Morgan fingerprint density at radius 2 is 2.00 bits per heavy atom. The lowest BCUT2D eigenvalue weighted by Gasteiger charge is -2.35. The van der Waals surface area contributed by atoms with Gasteiger partial charge in [-0.3, -0.25) is 15.0 Å². The van der Waals surface area contributed by atoms with Gasteiger partial charge in [-0.15, -0.1) is 0 Å². The van der Waals surface area contributed by atoms with Crippen LogP contribution in [-0.4, -0.2) is 80.3 Å². The van der Waals surface area contributed by atoms with Gasteiger partial charge >= 0.3 is 5.97 Å². The minimum atomic E-state index is -1.74. The molecule has 0 bridgehead atoms. The van der Waals surface area contributed by atoms with Crippen LogP contribution in [0.3, 0.4) is 0 Å². The van der Waals surface area contributed by atoms with E-state index in [2.05, 4.69) is 27.1 Å². The molecule has 11 nitrogen and oxygen atoms in total. The highest BCUT2D eigenvalue weighted by molar-refractivity contribution is 7.16. The van der Waals surface area contributed by atoms with E-state index in [0.717, 1.165) is 36.2 Å². The number of alkyl halides is 1. The van der Waals surface area contributed by atoms with Gasteiger partial charge in [0, 0.05) is 54.5 Å². The van der Waals surface area contributed by atoms with Crippen molar-refractivity contribution >= 4 is 34.2 Å². The van der Waals surface area contributed by atoms with Crippen molar-refractivity contribution in [1.29, 1.82) is 0 Å². The third-order valence-corrected chi connectivity index (χ3v) is 9.07. The third kappa shape index (κ3) is 6.22. The Morgan fingerprint density at radius 3 is 2.64 bits per heavy atom. The lowest BCUT2D eigenvalue weighted by molar-refractivity contribution is -0.160. The summed E-state index contributed by atoms with van der Waals surface area (Å²) < 4.78 is 19.1. The number of thiazole rings is 1. The van der Waals surface area contributed by atoms with Crippen LogP contribution in [-0.2, 0) is 18.0 Å². The van der Waals surface area contributed by atoms with Gasteiger partial charge in [-0.1, -0.05) is 18.3 Å². The molecule has 224 valence electrons. The average molecular weight is 599 g/mol. The molecule has 0 saturated carbocycles. The number of piperidine rings is 1. The van der Waals surface area contributed by atoms with Crippen LogP contribution in [0, 0.1) is 0 Å². The maximum atomic E-state index is 13.8. The number of methoxy groups -OCH3 is 1. The molecule has 3 N–H and O–H groups in total. The topological polar surface area (TPSA) is 141 Å². The van der Waals surface area contributed by atoms with Gasteiger partial charge in [0.2, 0.25) is 0 Å². The fourth-order valence-corrected chi connectivity index (χ4v) is 6.61. The number of anilines is 2. The Morgan fingerprint density at radius 1 is 1.21 bits per heavy atom. The highest BCUT2D eigenvalue weighted by Crippen LogP contribution is 2.36. The molecule has 2 aliphatic heterocycles. The number of carbonyl (C=O) groups excluding carboxylic acids is 1. The number of carboxylic acid groups (broad SMARTS) is 1. The molecule has 4 heterocycles. The highest BCUT2D eigenvalue weighted by Gasteiger charge is 2.39. The van der Waals surface area contributed by atoms with Crippen LogP contribution in [0.2, 0.25) is 0 Å². The molecule has 1 atom stereocenters. The molecule has 13 heteroatoms. The molecule has 2 saturated heterocycles. The van der Waals surface area contributed by atoms with E-state index in [4.69, 9.17) is 9.72 Å². The average Bonchev–Trinajstić information content (AvgIpc) is 3.63.